The molecule has 0 atom stereocenters. The van der Waals surface area contributed by atoms with Crippen molar-refractivity contribution in [3.63, 3.8) is 0 Å². The van der Waals surface area contributed by atoms with Crippen molar-refractivity contribution in [2.24, 2.45) is 0 Å². The second kappa shape index (κ2) is 7.97. The highest BCUT2D eigenvalue weighted by atomic mass is 16.2. The van der Waals surface area contributed by atoms with Gasteiger partial charge in [0.15, 0.2) is 0 Å². The van der Waals surface area contributed by atoms with E-state index in [-0.39, 0.29) is 11.8 Å². The van der Waals surface area contributed by atoms with E-state index in [0.29, 0.717) is 25.9 Å². The zero-order valence-electron chi connectivity index (χ0n) is 13.7. The van der Waals surface area contributed by atoms with Crippen LogP contribution >= 0.6 is 0 Å². The van der Waals surface area contributed by atoms with Crippen LogP contribution in [0.4, 0.5) is 0 Å². The topological polar surface area (TPSA) is 40.6 Å². The zero-order chi connectivity index (χ0) is 15.9. The van der Waals surface area contributed by atoms with Crippen molar-refractivity contribution >= 4 is 11.8 Å². The fraction of sp³-hybridized carbons (Fsp3) is 0.556. The Morgan fingerprint density at radius 2 is 1.73 bits per heavy atom. The Labute approximate surface area is 133 Å². The molecule has 1 aliphatic rings. The molecule has 1 heterocycles. The van der Waals surface area contributed by atoms with Crippen LogP contribution in [-0.2, 0) is 16.0 Å². The van der Waals surface area contributed by atoms with Crippen LogP contribution in [0.1, 0.15) is 37.3 Å². The van der Waals surface area contributed by atoms with Crippen molar-refractivity contribution in [1.29, 1.82) is 0 Å². The third kappa shape index (κ3) is 4.58. The highest BCUT2D eigenvalue weighted by Crippen LogP contribution is 2.10. The van der Waals surface area contributed by atoms with Crippen LogP contribution in [-0.4, -0.2) is 47.8 Å². The summed E-state index contributed by atoms with van der Waals surface area (Å²) < 4.78 is 0. The summed E-state index contributed by atoms with van der Waals surface area (Å²) in [5, 5.41) is 0. The second-order valence-corrected chi connectivity index (χ2v) is 5.96. The smallest absolute Gasteiger partial charge is 0.222 e. The third-order valence-electron chi connectivity index (χ3n) is 4.21. The Kier molecular flexibility index (Phi) is 5.99. The number of aryl methyl sites for hydroxylation is 2. The average Bonchev–Trinajstić information content (AvgIpc) is 2.78. The molecule has 0 radical (unpaired) electrons. The number of nitrogens with zero attached hydrogens (tertiary/aromatic N) is 2. The van der Waals surface area contributed by atoms with E-state index in [1.807, 2.05) is 22.8 Å². The van der Waals surface area contributed by atoms with Gasteiger partial charge in [0.1, 0.15) is 0 Å². The molecule has 0 aliphatic carbocycles. The minimum atomic E-state index is 0.189. The molecule has 0 bridgehead atoms. The summed E-state index contributed by atoms with van der Waals surface area (Å²) in [6.45, 7) is 6.83. The van der Waals surface area contributed by atoms with Gasteiger partial charge in [-0.15, -0.1) is 0 Å². The highest BCUT2D eigenvalue weighted by Gasteiger charge is 2.20. The standard InChI is InChI=1S/C18H26N2O2/c1-3-17(21)19-10-5-11-20(13-12-19)18(22)9-8-16-7-4-6-15(2)14-16/h4,6-7,14H,3,5,8-13H2,1-2H3. The van der Waals surface area contributed by atoms with Crippen molar-refractivity contribution in [1.82, 2.24) is 9.80 Å². The number of rotatable bonds is 4. The molecule has 4 heteroatoms. The van der Waals surface area contributed by atoms with Gasteiger partial charge in [-0.3, -0.25) is 9.59 Å². The van der Waals surface area contributed by atoms with Crippen LogP contribution < -0.4 is 0 Å². The Balaban J connectivity index is 1.84. The number of hydrogen-bond acceptors (Lipinski definition) is 2. The quantitative estimate of drug-likeness (QED) is 0.857. The molecule has 0 unspecified atom stereocenters. The van der Waals surface area contributed by atoms with Gasteiger partial charge >= 0.3 is 0 Å². The Hall–Kier alpha value is -1.84. The number of carbonyl (C=O) groups excluding carboxylic acids is 2. The van der Waals surface area contributed by atoms with E-state index in [4.69, 9.17) is 0 Å². The summed E-state index contributed by atoms with van der Waals surface area (Å²) in [6, 6.07) is 8.32. The number of carbonyl (C=O) groups is 2. The zero-order valence-corrected chi connectivity index (χ0v) is 13.7. The van der Waals surface area contributed by atoms with Gasteiger partial charge in [-0.2, -0.15) is 0 Å². The summed E-state index contributed by atoms with van der Waals surface area (Å²) >= 11 is 0. The molecule has 1 aromatic carbocycles. The van der Waals surface area contributed by atoms with E-state index in [9.17, 15) is 9.59 Å². The maximum Gasteiger partial charge on any atom is 0.222 e. The molecule has 1 aromatic rings. The van der Waals surface area contributed by atoms with E-state index in [1.165, 1.54) is 11.1 Å². The van der Waals surface area contributed by atoms with E-state index in [0.717, 1.165) is 25.9 Å². The minimum Gasteiger partial charge on any atom is -0.341 e. The van der Waals surface area contributed by atoms with Crippen LogP contribution in [0, 0.1) is 6.92 Å². The number of hydrogen-bond donors (Lipinski definition) is 0. The van der Waals surface area contributed by atoms with Crippen molar-refractivity contribution in [2.45, 2.75) is 39.5 Å². The predicted molar refractivity (Wildman–Crippen MR) is 87.6 cm³/mol. The molecular formula is C18H26N2O2. The maximum absolute atomic E-state index is 12.4. The SMILES string of the molecule is CCC(=O)N1CCCN(C(=O)CCc2cccc(C)c2)CC1. The summed E-state index contributed by atoms with van der Waals surface area (Å²) in [5.74, 6) is 0.390. The molecule has 0 saturated carbocycles. The Morgan fingerprint density at radius 3 is 2.36 bits per heavy atom. The first kappa shape index (κ1) is 16.5. The fourth-order valence-corrected chi connectivity index (χ4v) is 2.92. The molecule has 2 amide bonds. The molecule has 120 valence electrons. The second-order valence-electron chi connectivity index (χ2n) is 5.96. The minimum absolute atomic E-state index is 0.189. The molecule has 1 fully saturated rings. The van der Waals surface area contributed by atoms with Crippen molar-refractivity contribution in [3.05, 3.63) is 35.4 Å². The lowest BCUT2D eigenvalue weighted by Crippen LogP contribution is -2.37. The van der Waals surface area contributed by atoms with E-state index in [2.05, 4.69) is 25.1 Å². The largest absolute Gasteiger partial charge is 0.341 e. The molecule has 2 rings (SSSR count). The first-order chi connectivity index (χ1) is 10.6. The molecule has 22 heavy (non-hydrogen) atoms. The fourth-order valence-electron chi connectivity index (χ4n) is 2.92. The van der Waals surface area contributed by atoms with Gasteiger partial charge in [0.2, 0.25) is 11.8 Å². The lowest BCUT2D eigenvalue weighted by molar-refractivity contribution is -0.133. The molecule has 0 N–H and O–H groups in total. The first-order valence-corrected chi connectivity index (χ1v) is 8.21. The van der Waals surface area contributed by atoms with Gasteiger partial charge in [-0.05, 0) is 25.3 Å². The van der Waals surface area contributed by atoms with Gasteiger partial charge in [-0.25, -0.2) is 0 Å². The lowest BCUT2D eigenvalue weighted by Gasteiger charge is -2.22. The van der Waals surface area contributed by atoms with Crippen molar-refractivity contribution in [2.75, 3.05) is 26.2 Å². The number of amides is 2. The monoisotopic (exact) mass is 302 g/mol. The van der Waals surface area contributed by atoms with E-state index >= 15 is 0 Å². The van der Waals surface area contributed by atoms with Gasteiger partial charge in [0.25, 0.3) is 0 Å². The maximum atomic E-state index is 12.4. The lowest BCUT2D eigenvalue weighted by atomic mass is 10.1. The van der Waals surface area contributed by atoms with Gasteiger partial charge < -0.3 is 9.80 Å². The first-order valence-electron chi connectivity index (χ1n) is 8.21. The van der Waals surface area contributed by atoms with Crippen LogP contribution in [0.2, 0.25) is 0 Å². The number of benzene rings is 1. The summed E-state index contributed by atoms with van der Waals surface area (Å²) in [6.07, 6.45) is 2.75. The van der Waals surface area contributed by atoms with E-state index < -0.39 is 0 Å². The molecule has 0 aromatic heterocycles. The van der Waals surface area contributed by atoms with E-state index in [1.54, 1.807) is 0 Å². The van der Waals surface area contributed by atoms with Gasteiger partial charge in [-0.1, -0.05) is 36.8 Å². The van der Waals surface area contributed by atoms with Crippen molar-refractivity contribution < 1.29 is 9.59 Å². The summed E-state index contributed by atoms with van der Waals surface area (Å²) in [4.78, 5) is 27.9. The van der Waals surface area contributed by atoms with Crippen molar-refractivity contribution in [3.8, 4) is 0 Å². The van der Waals surface area contributed by atoms with Gasteiger partial charge in [0.05, 0.1) is 0 Å². The van der Waals surface area contributed by atoms with Crippen LogP contribution in [0.25, 0.3) is 0 Å². The third-order valence-corrected chi connectivity index (χ3v) is 4.21. The Bertz CT molecular complexity index is 528. The molecule has 1 aliphatic heterocycles. The van der Waals surface area contributed by atoms with Crippen LogP contribution in [0.15, 0.2) is 24.3 Å². The van der Waals surface area contributed by atoms with Crippen LogP contribution in [0.5, 0.6) is 0 Å². The summed E-state index contributed by atoms with van der Waals surface area (Å²) in [7, 11) is 0. The normalized spacial score (nSPS) is 15.5. The molecule has 1 saturated heterocycles. The highest BCUT2D eigenvalue weighted by molar-refractivity contribution is 5.77. The van der Waals surface area contributed by atoms with Crippen LogP contribution in [0.3, 0.4) is 0 Å². The molecular weight excluding hydrogens is 276 g/mol. The van der Waals surface area contributed by atoms with Gasteiger partial charge in [0, 0.05) is 39.0 Å². The Morgan fingerprint density at radius 1 is 1.05 bits per heavy atom. The molecule has 0 spiro atoms. The summed E-state index contributed by atoms with van der Waals surface area (Å²) in [5.41, 5.74) is 2.44. The average molecular weight is 302 g/mol. The molecule has 4 nitrogen and oxygen atoms in total. The predicted octanol–water partition coefficient (Wildman–Crippen LogP) is 2.40.